The van der Waals surface area contributed by atoms with Crippen LogP contribution in [-0.2, 0) is 10.0 Å². The van der Waals surface area contributed by atoms with E-state index in [1.54, 1.807) is 23.2 Å². The number of rotatable bonds is 9. The molecule has 0 saturated heterocycles. The summed E-state index contributed by atoms with van der Waals surface area (Å²) in [5.74, 6) is -0.273. The van der Waals surface area contributed by atoms with Crippen molar-refractivity contribution in [3.05, 3.63) is 53.8 Å². The van der Waals surface area contributed by atoms with E-state index in [0.29, 0.717) is 36.8 Å². The Morgan fingerprint density at radius 3 is 2.72 bits per heavy atom. The predicted octanol–water partition coefficient (Wildman–Crippen LogP) is 2.40. The van der Waals surface area contributed by atoms with Gasteiger partial charge in [0.25, 0.3) is 5.91 Å². The topological polar surface area (TPSA) is 97.2 Å². The van der Waals surface area contributed by atoms with Crippen molar-refractivity contribution in [2.75, 3.05) is 25.9 Å². The Hall–Kier alpha value is -2.56. The van der Waals surface area contributed by atoms with E-state index >= 15 is 0 Å². The van der Waals surface area contributed by atoms with Crippen molar-refractivity contribution in [1.29, 1.82) is 0 Å². The average molecular weight is 434 g/mol. The predicted molar refractivity (Wildman–Crippen MR) is 114 cm³/mol. The van der Waals surface area contributed by atoms with Crippen LogP contribution in [-0.4, -0.2) is 59.3 Å². The Bertz CT molecular complexity index is 1060. The number of carbonyl (C=O) groups is 1. The van der Waals surface area contributed by atoms with Gasteiger partial charge in [-0.05, 0) is 18.6 Å². The molecule has 0 aliphatic carbocycles. The van der Waals surface area contributed by atoms with E-state index in [4.69, 9.17) is 0 Å². The normalized spacial score (nSPS) is 11.7. The molecule has 0 unspecified atom stereocenters. The van der Waals surface area contributed by atoms with Gasteiger partial charge in [0, 0.05) is 36.8 Å². The van der Waals surface area contributed by atoms with E-state index in [0.717, 1.165) is 11.3 Å². The number of thiazole rings is 1. The number of hydrogen-bond acceptors (Lipinski definition) is 6. The minimum Gasteiger partial charge on any atom is -0.351 e. The van der Waals surface area contributed by atoms with Crippen molar-refractivity contribution in [3.63, 3.8) is 0 Å². The lowest BCUT2D eigenvalue weighted by Crippen LogP contribution is -2.33. The molecule has 0 atom stereocenters. The van der Waals surface area contributed by atoms with Crippen LogP contribution in [0, 0.1) is 0 Å². The Balaban J connectivity index is 1.56. The average Bonchev–Trinajstić information content (AvgIpc) is 3.37. The lowest BCUT2D eigenvalue weighted by Gasteiger charge is -2.17. The molecule has 0 radical (unpaired) electrons. The number of carbonyl (C=O) groups excluding carboxylic acids is 1. The van der Waals surface area contributed by atoms with E-state index in [1.807, 2.05) is 36.5 Å². The molecule has 0 saturated carbocycles. The fraction of sp³-hybridized carbons (Fsp3) is 0.316. The number of amides is 1. The maximum Gasteiger partial charge on any atom is 0.270 e. The third-order valence-corrected chi connectivity index (χ3v) is 6.55. The molecule has 3 aromatic rings. The van der Waals surface area contributed by atoms with Crippen LogP contribution in [0.4, 0.5) is 0 Å². The monoisotopic (exact) mass is 433 g/mol. The lowest BCUT2D eigenvalue weighted by atomic mass is 10.3. The summed E-state index contributed by atoms with van der Waals surface area (Å²) in [6, 6.07) is 9.75. The van der Waals surface area contributed by atoms with Gasteiger partial charge in [0.1, 0.15) is 10.7 Å². The summed E-state index contributed by atoms with van der Waals surface area (Å²) in [7, 11) is -3.21. The molecule has 2 heterocycles. The first-order chi connectivity index (χ1) is 13.9. The first-order valence-corrected chi connectivity index (χ1v) is 11.9. The van der Waals surface area contributed by atoms with E-state index in [9.17, 15) is 13.2 Å². The fourth-order valence-electron chi connectivity index (χ4n) is 2.77. The molecule has 2 aromatic heterocycles. The van der Waals surface area contributed by atoms with Crippen LogP contribution in [0.3, 0.4) is 0 Å². The van der Waals surface area contributed by atoms with Gasteiger partial charge in [-0.1, -0.05) is 25.1 Å². The Morgan fingerprint density at radius 2 is 2.03 bits per heavy atom. The first-order valence-electron chi connectivity index (χ1n) is 9.18. The number of aromatic nitrogens is 3. The highest BCUT2D eigenvalue weighted by atomic mass is 32.2. The summed E-state index contributed by atoms with van der Waals surface area (Å²) in [5, 5.41) is 9.56. The van der Waals surface area contributed by atoms with Crippen molar-refractivity contribution in [2.45, 2.75) is 13.3 Å². The zero-order chi connectivity index (χ0) is 20.9. The van der Waals surface area contributed by atoms with Gasteiger partial charge in [-0.15, -0.1) is 11.3 Å². The van der Waals surface area contributed by atoms with Gasteiger partial charge in [0.05, 0.1) is 18.1 Å². The van der Waals surface area contributed by atoms with E-state index in [1.165, 1.54) is 21.9 Å². The van der Waals surface area contributed by atoms with Crippen LogP contribution >= 0.6 is 11.3 Å². The summed E-state index contributed by atoms with van der Waals surface area (Å²) in [6.45, 7) is 2.95. The van der Waals surface area contributed by atoms with Crippen LogP contribution in [0.5, 0.6) is 0 Å². The number of hydrogen-bond donors (Lipinski definition) is 1. The second-order valence-corrected chi connectivity index (χ2v) is 9.25. The second kappa shape index (κ2) is 9.29. The number of sulfonamides is 1. The molecular formula is C19H23N5O3S2. The van der Waals surface area contributed by atoms with Crippen LogP contribution in [0.1, 0.15) is 23.8 Å². The van der Waals surface area contributed by atoms with Gasteiger partial charge < -0.3 is 5.32 Å². The van der Waals surface area contributed by atoms with Crippen molar-refractivity contribution in [3.8, 4) is 16.3 Å². The van der Waals surface area contributed by atoms with Gasteiger partial charge in [-0.3, -0.25) is 4.79 Å². The molecule has 29 heavy (non-hydrogen) atoms. The van der Waals surface area contributed by atoms with Crippen molar-refractivity contribution < 1.29 is 13.2 Å². The molecule has 0 bridgehead atoms. The third-order valence-electron chi connectivity index (χ3n) is 4.28. The zero-order valence-corrected chi connectivity index (χ0v) is 17.9. The molecule has 0 aliphatic rings. The van der Waals surface area contributed by atoms with Crippen LogP contribution in [0.15, 0.2) is 48.1 Å². The largest absolute Gasteiger partial charge is 0.351 e. The van der Waals surface area contributed by atoms with E-state index in [-0.39, 0.29) is 5.91 Å². The zero-order valence-electron chi connectivity index (χ0n) is 16.3. The summed E-state index contributed by atoms with van der Waals surface area (Å²) < 4.78 is 26.3. The van der Waals surface area contributed by atoms with Crippen LogP contribution < -0.4 is 5.32 Å². The van der Waals surface area contributed by atoms with Crippen molar-refractivity contribution in [1.82, 2.24) is 24.4 Å². The molecule has 0 spiro atoms. The highest BCUT2D eigenvalue weighted by Gasteiger charge is 2.15. The quantitative estimate of drug-likeness (QED) is 0.523. The minimum atomic E-state index is -3.21. The Labute approximate surface area is 174 Å². The minimum absolute atomic E-state index is 0.273. The summed E-state index contributed by atoms with van der Waals surface area (Å²) in [6.07, 6.45) is 5.32. The summed E-state index contributed by atoms with van der Waals surface area (Å²) in [5.41, 5.74) is 2.13. The molecule has 0 fully saturated rings. The van der Waals surface area contributed by atoms with Crippen LogP contribution in [0.2, 0.25) is 0 Å². The first kappa shape index (κ1) is 21.2. The van der Waals surface area contributed by atoms with E-state index in [2.05, 4.69) is 15.4 Å². The fourth-order valence-corrected chi connectivity index (χ4v) is 4.48. The number of nitrogens with zero attached hydrogens (tertiary/aromatic N) is 4. The smallest absolute Gasteiger partial charge is 0.270 e. The van der Waals surface area contributed by atoms with Gasteiger partial charge in [-0.2, -0.15) is 5.10 Å². The molecule has 3 rings (SSSR count). The van der Waals surface area contributed by atoms with Gasteiger partial charge in [0.2, 0.25) is 10.0 Å². The molecule has 1 aromatic carbocycles. The third kappa shape index (κ3) is 5.49. The number of para-hydroxylation sites is 1. The molecule has 0 aliphatic heterocycles. The van der Waals surface area contributed by atoms with Gasteiger partial charge in [-0.25, -0.2) is 22.4 Å². The molecule has 8 nitrogen and oxygen atoms in total. The summed E-state index contributed by atoms with van der Waals surface area (Å²) in [4.78, 5) is 16.7. The SMILES string of the molecule is CCN(CCCNC(=O)c1csc(-c2cnn(-c3ccccc3)c2)n1)S(C)(=O)=O. The molecular weight excluding hydrogens is 410 g/mol. The van der Waals surface area contributed by atoms with Crippen molar-refractivity contribution in [2.24, 2.45) is 0 Å². The van der Waals surface area contributed by atoms with Gasteiger partial charge >= 0.3 is 0 Å². The van der Waals surface area contributed by atoms with Gasteiger partial charge in [0.15, 0.2) is 0 Å². The van der Waals surface area contributed by atoms with Crippen LogP contribution in [0.25, 0.3) is 16.3 Å². The highest BCUT2D eigenvalue weighted by Crippen LogP contribution is 2.24. The molecule has 10 heteroatoms. The Kier molecular flexibility index (Phi) is 6.78. The maximum atomic E-state index is 12.3. The molecule has 154 valence electrons. The molecule has 1 N–H and O–H groups in total. The highest BCUT2D eigenvalue weighted by molar-refractivity contribution is 7.88. The Morgan fingerprint density at radius 1 is 1.28 bits per heavy atom. The standard InChI is InChI=1S/C19H23N5O3S2/c1-3-23(29(2,26)27)11-7-10-20-18(25)17-14-28-19(22-17)15-12-21-24(13-15)16-8-5-4-6-9-16/h4-6,8-9,12-14H,3,7,10-11H2,1-2H3,(H,20,25). The number of nitrogens with one attached hydrogen (secondary N) is 1. The van der Waals surface area contributed by atoms with E-state index < -0.39 is 10.0 Å². The summed E-state index contributed by atoms with van der Waals surface area (Å²) >= 11 is 1.38. The lowest BCUT2D eigenvalue weighted by molar-refractivity contribution is 0.0948. The maximum absolute atomic E-state index is 12.3. The van der Waals surface area contributed by atoms with Crippen molar-refractivity contribution >= 4 is 27.3 Å². The number of benzene rings is 1. The molecule has 1 amide bonds. The second-order valence-electron chi connectivity index (χ2n) is 6.41.